The molecule has 150 valence electrons. The third kappa shape index (κ3) is 4.54. The fourth-order valence-electron chi connectivity index (χ4n) is 3.91. The highest BCUT2D eigenvalue weighted by atomic mass is 32.2. The summed E-state index contributed by atoms with van der Waals surface area (Å²) in [5, 5.41) is 4.07. The highest BCUT2D eigenvalue weighted by Crippen LogP contribution is 2.25. The van der Waals surface area contributed by atoms with E-state index in [-0.39, 0.29) is 11.9 Å². The summed E-state index contributed by atoms with van der Waals surface area (Å²) in [7, 11) is 0. The summed E-state index contributed by atoms with van der Waals surface area (Å²) in [5.41, 5.74) is 2.86. The molecule has 1 unspecified atom stereocenters. The Labute approximate surface area is 176 Å². The third-order valence-electron chi connectivity index (χ3n) is 5.40. The zero-order valence-corrected chi connectivity index (χ0v) is 17.4. The molecule has 0 saturated carbocycles. The summed E-state index contributed by atoms with van der Waals surface area (Å²) in [6.45, 7) is 2.78. The van der Waals surface area contributed by atoms with E-state index in [1.54, 1.807) is 18.0 Å². The Morgan fingerprint density at radius 1 is 1.14 bits per heavy atom. The molecule has 4 rings (SSSR count). The van der Waals surface area contributed by atoms with E-state index >= 15 is 0 Å². The van der Waals surface area contributed by atoms with Gasteiger partial charge in [0.15, 0.2) is 5.16 Å². The number of nitrogens with one attached hydrogen (secondary N) is 1. The molecule has 6 heteroatoms. The van der Waals surface area contributed by atoms with E-state index in [1.165, 1.54) is 18.4 Å². The molecule has 1 aliphatic heterocycles. The minimum Gasteiger partial charge on any atom is -0.350 e. The number of carbonyl (C=O) groups excluding carboxylic acids is 1. The Balaban J connectivity index is 1.49. The SMILES string of the molecule is CSc1nccn1-c1cccc(C(=O)NCC(c2ccccc2)N2CCCC2)c1. The number of hydrogen-bond donors (Lipinski definition) is 1. The number of carbonyl (C=O) groups is 1. The van der Waals surface area contributed by atoms with Gasteiger partial charge in [-0.2, -0.15) is 0 Å². The lowest BCUT2D eigenvalue weighted by Crippen LogP contribution is -2.36. The Morgan fingerprint density at radius 3 is 2.69 bits per heavy atom. The molecule has 1 aliphatic rings. The standard InChI is InChI=1S/C23H26N4OS/c1-29-23-24-12-15-27(23)20-11-7-10-19(16-20)22(28)25-17-21(26-13-5-6-14-26)18-8-3-2-4-9-18/h2-4,7-12,15-16,21H,5-6,13-14,17H2,1H3,(H,25,28). The highest BCUT2D eigenvalue weighted by Gasteiger charge is 2.24. The van der Waals surface area contributed by atoms with Gasteiger partial charge in [0.05, 0.1) is 6.04 Å². The minimum absolute atomic E-state index is 0.0437. The average molecular weight is 407 g/mol. The molecule has 2 aromatic carbocycles. The first-order chi connectivity index (χ1) is 14.3. The average Bonchev–Trinajstić information content (AvgIpc) is 3.47. The van der Waals surface area contributed by atoms with Crippen molar-refractivity contribution in [2.75, 3.05) is 25.9 Å². The fourth-order valence-corrected chi connectivity index (χ4v) is 4.44. The molecule has 0 spiro atoms. The van der Waals surface area contributed by atoms with E-state index in [0.29, 0.717) is 12.1 Å². The monoisotopic (exact) mass is 406 g/mol. The molecule has 0 radical (unpaired) electrons. The molecule has 0 aliphatic carbocycles. The molecule has 0 bridgehead atoms. The van der Waals surface area contributed by atoms with Crippen molar-refractivity contribution in [2.24, 2.45) is 0 Å². The predicted octanol–water partition coefficient (Wildman–Crippen LogP) is 4.16. The Bertz CT molecular complexity index is 950. The van der Waals surface area contributed by atoms with E-state index in [2.05, 4.69) is 39.5 Å². The van der Waals surface area contributed by atoms with Crippen molar-refractivity contribution in [3.05, 3.63) is 78.1 Å². The Hall–Kier alpha value is -2.57. The second kappa shape index (κ2) is 9.29. The van der Waals surface area contributed by atoms with Gasteiger partial charge in [0.1, 0.15) is 0 Å². The first-order valence-electron chi connectivity index (χ1n) is 10.0. The number of hydrogen-bond acceptors (Lipinski definition) is 4. The van der Waals surface area contributed by atoms with Gasteiger partial charge in [0.2, 0.25) is 0 Å². The lowest BCUT2D eigenvalue weighted by atomic mass is 10.1. The lowest BCUT2D eigenvalue weighted by molar-refractivity contribution is 0.0938. The summed E-state index contributed by atoms with van der Waals surface area (Å²) >= 11 is 1.58. The number of benzene rings is 2. The van der Waals surface area contributed by atoms with Gasteiger partial charge in [0, 0.05) is 30.2 Å². The fraction of sp³-hybridized carbons (Fsp3) is 0.304. The Morgan fingerprint density at radius 2 is 1.93 bits per heavy atom. The van der Waals surface area contributed by atoms with Gasteiger partial charge in [-0.05, 0) is 55.9 Å². The number of nitrogens with zero attached hydrogens (tertiary/aromatic N) is 3. The van der Waals surface area contributed by atoms with Gasteiger partial charge in [-0.25, -0.2) is 4.98 Å². The largest absolute Gasteiger partial charge is 0.350 e. The molecule has 5 nitrogen and oxygen atoms in total. The van der Waals surface area contributed by atoms with Crippen LogP contribution in [0.2, 0.25) is 0 Å². The number of thioether (sulfide) groups is 1. The maximum absolute atomic E-state index is 12.9. The van der Waals surface area contributed by atoms with Crippen LogP contribution in [0.4, 0.5) is 0 Å². The number of likely N-dealkylation sites (tertiary alicyclic amines) is 1. The van der Waals surface area contributed by atoms with Gasteiger partial charge in [-0.1, -0.05) is 48.2 Å². The van der Waals surface area contributed by atoms with Gasteiger partial charge in [0.25, 0.3) is 5.91 Å². The second-order valence-corrected chi connectivity index (χ2v) is 7.99. The molecular formula is C23H26N4OS. The second-order valence-electron chi connectivity index (χ2n) is 7.21. The van der Waals surface area contributed by atoms with Crippen LogP contribution < -0.4 is 5.32 Å². The number of rotatable bonds is 7. The van der Waals surface area contributed by atoms with Crippen molar-refractivity contribution in [1.82, 2.24) is 19.8 Å². The van der Waals surface area contributed by atoms with Crippen molar-refractivity contribution in [1.29, 1.82) is 0 Å². The van der Waals surface area contributed by atoms with Crippen LogP contribution in [0.1, 0.15) is 34.8 Å². The van der Waals surface area contributed by atoms with Crippen LogP contribution in [0.15, 0.2) is 72.1 Å². The van der Waals surface area contributed by atoms with Gasteiger partial charge >= 0.3 is 0 Å². The molecule has 1 N–H and O–H groups in total. The Kier molecular flexibility index (Phi) is 6.32. The summed E-state index contributed by atoms with van der Waals surface area (Å²) in [6, 6.07) is 18.4. The zero-order chi connectivity index (χ0) is 20.1. The number of imidazole rings is 1. The van der Waals surface area contributed by atoms with Gasteiger partial charge in [-0.15, -0.1) is 0 Å². The summed E-state index contributed by atoms with van der Waals surface area (Å²) < 4.78 is 2.00. The molecule has 1 aromatic heterocycles. The van der Waals surface area contributed by atoms with Crippen LogP contribution >= 0.6 is 11.8 Å². The quantitative estimate of drug-likeness (QED) is 0.599. The van der Waals surface area contributed by atoms with Gasteiger partial charge < -0.3 is 5.32 Å². The van der Waals surface area contributed by atoms with Crippen LogP contribution in [0.3, 0.4) is 0 Å². The lowest BCUT2D eigenvalue weighted by Gasteiger charge is -2.28. The van der Waals surface area contributed by atoms with Crippen LogP contribution in [-0.2, 0) is 0 Å². The minimum atomic E-state index is -0.0437. The molecule has 1 amide bonds. The van der Waals surface area contributed by atoms with Crippen molar-refractivity contribution < 1.29 is 4.79 Å². The molecule has 3 aromatic rings. The van der Waals surface area contributed by atoms with Crippen LogP contribution in [-0.4, -0.2) is 46.2 Å². The molecule has 1 fully saturated rings. The molecule has 1 saturated heterocycles. The van der Waals surface area contributed by atoms with E-state index in [1.807, 2.05) is 47.4 Å². The number of aromatic nitrogens is 2. The first kappa shape index (κ1) is 19.7. The maximum Gasteiger partial charge on any atom is 0.251 e. The molecule has 2 heterocycles. The van der Waals surface area contributed by atoms with E-state index in [4.69, 9.17) is 0 Å². The van der Waals surface area contributed by atoms with E-state index in [9.17, 15) is 4.79 Å². The summed E-state index contributed by atoms with van der Waals surface area (Å²) in [6.07, 6.45) is 8.14. The third-order valence-corrected chi connectivity index (χ3v) is 6.06. The van der Waals surface area contributed by atoms with Crippen LogP contribution in [0.25, 0.3) is 5.69 Å². The predicted molar refractivity (Wildman–Crippen MR) is 118 cm³/mol. The van der Waals surface area contributed by atoms with Gasteiger partial charge in [-0.3, -0.25) is 14.3 Å². The van der Waals surface area contributed by atoms with Crippen molar-refractivity contribution >= 4 is 17.7 Å². The highest BCUT2D eigenvalue weighted by molar-refractivity contribution is 7.98. The van der Waals surface area contributed by atoms with Crippen molar-refractivity contribution in [3.63, 3.8) is 0 Å². The van der Waals surface area contributed by atoms with E-state index in [0.717, 1.165) is 23.9 Å². The molecular weight excluding hydrogens is 380 g/mol. The molecule has 29 heavy (non-hydrogen) atoms. The molecule has 1 atom stereocenters. The topological polar surface area (TPSA) is 50.2 Å². The normalized spacial score (nSPS) is 15.3. The summed E-state index contributed by atoms with van der Waals surface area (Å²) in [4.78, 5) is 19.7. The van der Waals surface area contributed by atoms with Crippen LogP contribution in [0.5, 0.6) is 0 Å². The first-order valence-corrected chi connectivity index (χ1v) is 11.2. The maximum atomic E-state index is 12.9. The van der Waals surface area contributed by atoms with E-state index < -0.39 is 0 Å². The zero-order valence-electron chi connectivity index (χ0n) is 16.6. The number of amides is 1. The van der Waals surface area contributed by atoms with Crippen molar-refractivity contribution in [2.45, 2.75) is 24.0 Å². The smallest absolute Gasteiger partial charge is 0.251 e. The summed E-state index contributed by atoms with van der Waals surface area (Å²) in [5.74, 6) is -0.0437. The van der Waals surface area contributed by atoms with Crippen molar-refractivity contribution in [3.8, 4) is 5.69 Å². The van der Waals surface area contributed by atoms with Crippen LogP contribution in [0, 0.1) is 0 Å².